The van der Waals surface area contributed by atoms with Gasteiger partial charge in [-0.2, -0.15) is 4.68 Å². The number of ether oxygens (including phenoxy) is 1. The summed E-state index contributed by atoms with van der Waals surface area (Å²) in [4.78, 5) is 13.4. The highest BCUT2D eigenvalue weighted by molar-refractivity contribution is 8.00. The van der Waals surface area contributed by atoms with E-state index in [-0.39, 0.29) is 5.91 Å². The molecule has 0 aliphatic carbocycles. The summed E-state index contributed by atoms with van der Waals surface area (Å²) in [7, 11) is 1.54. The van der Waals surface area contributed by atoms with Crippen LogP contribution in [0.4, 0.5) is 5.69 Å². The Kier molecular flexibility index (Phi) is 6.96. The van der Waals surface area contributed by atoms with E-state index in [0.717, 1.165) is 22.4 Å². The quantitative estimate of drug-likeness (QED) is 0.357. The molecular formula is C24H22ClN5O2S. The molecule has 1 heterocycles. The second-order valence-corrected chi connectivity index (χ2v) is 8.84. The number of rotatable bonds is 7. The molecule has 4 rings (SSSR count). The summed E-state index contributed by atoms with van der Waals surface area (Å²) >= 11 is 7.52. The number of carbonyl (C=O) groups excluding carboxylic acids is 1. The average molecular weight is 480 g/mol. The van der Waals surface area contributed by atoms with Crippen LogP contribution in [-0.4, -0.2) is 33.2 Å². The number of hydrogen-bond donors (Lipinski definition) is 1. The zero-order chi connectivity index (χ0) is 23.4. The zero-order valence-corrected chi connectivity index (χ0v) is 19.9. The molecule has 1 atom stereocenters. The maximum atomic E-state index is 13.4. The van der Waals surface area contributed by atoms with Gasteiger partial charge in [-0.3, -0.25) is 4.79 Å². The van der Waals surface area contributed by atoms with Crippen LogP contribution in [0.2, 0.25) is 5.02 Å². The van der Waals surface area contributed by atoms with Crippen LogP contribution in [0.3, 0.4) is 0 Å². The Hall–Kier alpha value is -3.36. The number of nitrogens with zero attached hydrogens (tertiary/aromatic N) is 4. The van der Waals surface area contributed by atoms with E-state index in [1.54, 1.807) is 30.0 Å². The highest BCUT2D eigenvalue weighted by Crippen LogP contribution is 2.37. The molecule has 0 fully saturated rings. The lowest BCUT2D eigenvalue weighted by Crippen LogP contribution is -2.19. The second kappa shape index (κ2) is 10.1. The van der Waals surface area contributed by atoms with Crippen LogP contribution in [0, 0.1) is 13.8 Å². The first kappa shape index (κ1) is 22.8. The van der Waals surface area contributed by atoms with E-state index in [1.807, 2.05) is 62.4 Å². The van der Waals surface area contributed by atoms with Crippen molar-refractivity contribution in [2.45, 2.75) is 24.3 Å². The van der Waals surface area contributed by atoms with Crippen molar-refractivity contribution in [1.29, 1.82) is 0 Å². The third-order valence-electron chi connectivity index (χ3n) is 5.08. The lowest BCUT2D eigenvalue weighted by atomic mass is 10.1. The van der Waals surface area contributed by atoms with Gasteiger partial charge in [0.15, 0.2) is 0 Å². The summed E-state index contributed by atoms with van der Waals surface area (Å²) in [6.45, 7) is 4.01. The molecule has 0 spiro atoms. The molecule has 0 aliphatic heterocycles. The smallest absolute Gasteiger partial charge is 0.242 e. The normalized spacial score (nSPS) is 11.8. The molecule has 168 valence electrons. The third kappa shape index (κ3) is 5.02. The molecule has 3 aromatic carbocycles. The van der Waals surface area contributed by atoms with Crippen molar-refractivity contribution in [3.05, 3.63) is 88.4 Å². The minimum Gasteiger partial charge on any atom is -0.495 e. The maximum Gasteiger partial charge on any atom is 0.242 e. The number of carbonyl (C=O) groups is 1. The van der Waals surface area contributed by atoms with E-state index in [2.05, 4.69) is 20.8 Å². The van der Waals surface area contributed by atoms with E-state index in [9.17, 15) is 4.79 Å². The van der Waals surface area contributed by atoms with Crippen molar-refractivity contribution in [3.63, 3.8) is 0 Å². The molecular weight excluding hydrogens is 458 g/mol. The lowest BCUT2D eigenvalue weighted by molar-refractivity contribution is -0.115. The topological polar surface area (TPSA) is 81.9 Å². The summed E-state index contributed by atoms with van der Waals surface area (Å²) < 4.78 is 6.88. The average Bonchev–Trinajstić information content (AvgIpc) is 3.26. The molecule has 0 radical (unpaired) electrons. The van der Waals surface area contributed by atoms with Crippen molar-refractivity contribution in [2.24, 2.45) is 0 Å². The van der Waals surface area contributed by atoms with E-state index >= 15 is 0 Å². The first-order valence-electron chi connectivity index (χ1n) is 10.2. The number of methoxy groups -OCH3 is 1. The Balaban J connectivity index is 1.67. The molecule has 9 heteroatoms. The van der Waals surface area contributed by atoms with Gasteiger partial charge in [0, 0.05) is 5.69 Å². The fourth-order valence-corrected chi connectivity index (χ4v) is 4.73. The van der Waals surface area contributed by atoms with Gasteiger partial charge in [-0.25, -0.2) is 0 Å². The van der Waals surface area contributed by atoms with Crippen LogP contribution in [0.25, 0.3) is 5.69 Å². The number of benzene rings is 3. The molecule has 1 unspecified atom stereocenters. The van der Waals surface area contributed by atoms with Crippen molar-refractivity contribution in [1.82, 2.24) is 20.2 Å². The van der Waals surface area contributed by atoms with Crippen molar-refractivity contribution < 1.29 is 9.53 Å². The number of tetrazole rings is 1. The number of thioether (sulfide) groups is 1. The Morgan fingerprint density at radius 1 is 1.06 bits per heavy atom. The van der Waals surface area contributed by atoms with Crippen molar-refractivity contribution >= 4 is 35.0 Å². The molecule has 7 nitrogen and oxygen atoms in total. The van der Waals surface area contributed by atoms with Crippen molar-refractivity contribution in [2.75, 3.05) is 12.4 Å². The summed E-state index contributed by atoms with van der Waals surface area (Å²) in [5.41, 5.74) is 4.38. The first-order valence-corrected chi connectivity index (χ1v) is 11.4. The standard InChI is InChI=1S/C24H22ClN5O2S/c1-15-8-7-9-16(2)21(15)30-24(27-28-29-30)33-22(17-10-5-4-6-11-17)23(31)26-18-12-13-20(32-3)19(25)14-18/h4-14,22H,1-3H3,(H,26,31). The number of anilines is 1. The van der Waals surface area contributed by atoms with Gasteiger partial charge in [0.25, 0.3) is 0 Å². The van der Waals surface area contributed by atoms with Crippen LogP contribution in [-0.2, 0) is 4.79 Å². The molecule has 1 amide bonds. The van der Waals surface area contributed by atoms with E-state index in [0.29, 0.717) is 21.6 Å². The van der Waals surface area contributed by atoms with Crippen LogP contribution in [0.15, 0.2) is 71.9 Å². The number of aryl methyl sites for hydroxylation is 2. The Bertz CT molecular complexity index is 1260. The maximum absolute atomic E-state index is 13.4. The Labute approximate surface area is 201 Å². The SMILES string of the molecule is COc1ccc(NC(=O)C(Sc2nnnn2-c2c(C)cccc2C)c2ccccc2)cc1Cl. The molecule has 4 aromatic rings. The summed E-state index contributed by atoms with van der Waals surface area (Å²) in [6.07, 6.45) is 0. The van der Waals surface area contributed by atoms with Gasteiger partial charge < -0.3 is 10.1 Å². The number of amides is 1. The van der Waals surface area contributed by atoms with Gasteiger partial charge >= 0.3 is 0 Å². The van der Waals surface area contributed by atoms with Gasteiger partial charge in [-0.15, -0.1) is 5.10 Å². The minimum atomic E-state index is -0.596. The molecule has 0 aliphatic rings. The number of halogens is 1. The van der Waals surface area contributed by atoms with Gasteiger partial charge in [-0.05, 0) is 59.2 Å². The minimum absolute atomic E-state index is 0.219. The van der Waals surface area contributed by atoms with Crippen LogP contribution >= 0.6 is 23.4 Å². The number of hydrogen-bond acceptors (Lipinski definition) is 6. The van der Waals surface area contributed by atoms with Crippen LogP contribution in [0.1, 0.15) is 21.9 Å². The second-order valence-electron chi connectivity index (χ2n) is 7.36. The van der Waals surface area contributed by atoms with Gasteiger partial charge in [0.1, 0.15) is 11.0 Å². The van der Waals surface area contributed by atoms with Gasteiger partial charge in [0.05, 0.1) is 17.8 Å². The molecule has 1 N–H and O–H groups in total. The summed E-state index contributed by atoms with van der Waals surface area (Å²) in [5.74, 6) is 0.319. The third-order valence-corrected chi connectivity index (χ3v) is 6.56. The van der Waals surface area contributed by atoms with Gasteiger partial charge in [-0.1, -0.05) is 71.9 Å². The molecule has 1 aromatic heterocycles. The molecule has 33 heavy (non-hydrogen) atoms. The van der Waals surface area contributed by atoms with E-state index in [4.69, 9.17) is 16.3 Å². The summed E-state index contributed by atoms with van der Waals surface area (Å²) in [5, 5.41) is 15.6. The van der Waals surface area contributed by atoms with Gasteiger partial charge in [0.2, 0.25) is 11.1 Å². The fourth-order valence-electron chi connectivity index (χ4n) is 3.49. The molecule has 0 saturated carbocycles. The van der Waals surface area contributed by atoms with E-state index in [1.165, 1.54) is 11.8 Å². The predicted molar refractivity (Wildman–Crippen MR) is 130 cm³/mol. The Morgan fingerprint density at radius 3 is 2.45 bits per heavy atom. The summed E-state index contributed by atoms with van der Waals surface area (Å²) in [6, 6.07) is 20.6. The number of nitrogens with one attached hydrogen (secondary N) is 1. The molecule has 0 saturated heterocycles. The largest absolute Gasteiger partial charge is 0.495 e. The highest BCUT2D eigenvalue weighted by atomic mass is 35.5. The zero-order valence-electron chi connectivity index (χ0n) is 18.3. The van der Waals surface area contributed by atoms with Crippen LogP contribution < -0.4 is 10.1 Å². The predicted octanol–water partition coefficient (Wildman–Crippen LogP) is 5.41. The number of para-hydroxylation sites is 1. The first-order chi connectivity index (χ1) is 16.0. The Morgan fingerprint density at radius 2 is 1.79 bits per heavy atom. The number of aromatic nitrogens is 4. The van der Waals surface area contributed by atoms with Crippen LogP contribution in [0.5, 0.6) is 5.75 Å². The highest BCUT2D eigenvalue weighted by Gasteiger charge is 2.26. The lowest BCUT2D eigenvalue weighted by Gasteiger charge is -2.18. The van der Waals surface area contributed by atoms with Crippen molar-refractivity contribution in [3.8, 4) is 11.4 Å². The van der Waals surface area contributed by atoms with E-state index < -0.39 is 5.25 Å². The fraction of sp³-hybridized carbons (Fsp3) is 0.167. The molecule has 0 bridgehead atoms. The monoisotopic (exact) mass is 479 g/mol.